The second kappa shape index (κ2) is 7.64. The summed E-state index contributed by atoms with van der Waals surface area (Å²) in [4.78, 5) is 24.5. The van der Waals surface area contributed by atoms with E-state index in [1.165, 1.54) is 36.7 Å². The van der Waals surface area contributed by atoms with Crippen LogP contribution in [0, 0.1) is 0 Å². The van der Waals surface area contributed by atoms with Crippen LogP contribution in [0.5, 0.6) is 0 Å². The SMILES string of the molecule is O=C(Nc1ccc(S(=O)(=O)Nc2cnc3ccccc3n2)cc1)c1cccnc1. The number of benzene rings is 2. The summed E-state index contributed by atoms with van der Waals surface area (Å²) in [5, 5.41) is 2.69. The van der Waals surface area contributed by atoms with Gasteiger partial charge in [-0.05, 0) is 48.5 Å². The summed E-state index contributed by atoms with van der Waals surface area (Å²) in [5.74, 6) is -0.212. The number of hydrogen-bond donors (Lipinski definition) is 2. The average molecular weight is 405 g/mol. The molecular weight excluding hydrogens is 390 g/mol. The maximum absolute atomic E-state index is 12.6. The van der Waals surface area contributed by atoms with Gasteiger partial charge >= 0.3 is 0 Å². The van der Waals surface area contributed by atoms with E-state index < -0.39 is 10.0 Å². The van der Waals surface area contributed by atoms with Crippen molar-refractivity contribution in [1.29, 1.82) is 0 Å². The van der Waals surface area contributed by atoms with E-state index >= 15 is 0 Å². The van der Waals surface area contributed by atoms with E-state index in [0.717, 1.165) is 0 Å². The Balaban J connectivity index is 1.50. The molecule has 0 radical (unpaired) electrons. The van der Waals surface area contributed by atoms with Gasteiger partial charge in [0.2, 0.25) is 0 Å². The van der Waals surface area contributed by atoms with Crippen molar-refractivity contribution in [3.8, 4) is 0 Å². The number of amides is 1. The van der Waals surface area contributed by atoms with Gasteiger partial charge in [0.25, 0.3) is 15.9 Å². The largest absolute Gasteiger partial charge is 0.322 e. The quantitative estimate of drug-likeness (QED) is 0.527. The van der Waals surface area contributed by atoms with Crippen molar-refractivity contribution in [1.82, 2.24) is 15.0 Å². The zero-order chi connectivity index (χ0) is 20.3. The molecule has 0 saturated heterocycles. The number of carbonyl (C=O) groups is 1. The van der Waals surface area contributed by atoms with E-state index in [1.807, 2.05) is 6.07 Å². The highest BCUT2D eigenvalue weighted by molar-refractivity contribution is 7.92. The molecule has 0 saturated carbocycles. The number of hydrogen-bond acceptors (Lipinski definition) is 6. The third kappa shape index (κ3) is 4.19. The molecule has 29 heavy (non-hydrogen) atoms. The van der Waals surface area contributed by atoms with Crippen molar-refractivity contribution in [2.24, 2.45) is 0 Å². The molecule has 144 valence electrons. The minimum absolute atomic E-state index is 0.0341. The van der Waals surface area contributed by atoms with Crippen LogP contribution in [-0.4, -0.2) is 29.3 Å². The van der Waals surface area contributed by atoms with Gasteiger partial charge in [0.1, 0.15) is 0 Å². The van der Waals surface area contributed by atoms with Crippen LogP contribution in [0.15, 0.2) is 84.1 Å². The number of para-hydroxylation sites is 2. The molecule has 0 aliphatic carbocycles. The van der Waals surface area contributed by atoms with Crippen molar-refractivity contribution in [2.75, 3.05) is 10.0 Å². The number of sulfonamides is 1. The highest BCUT2D eigenvalue weighted by Gasteiger charge is 2.16. The standard InChI is InChI=1S/C20H15N5O3S/c26-20(14-4-3-11-21-12-14)23-15-7-9-16(10-8-15)29(27,28)25-19-13-22-17-5-1-2-6-18(17)24-19/h1-13H,(H,23,26)(H,24,25). The zero-order valence-corrected chi connectivity index (χ0v) is 15.8. The number of pyridine rings is 1. The maximum Gasteiger partial charge on any atom is 0.263 e. The van der Waals surface area contributed by atoms with Gasteiger partial charge in [0, 0.05) is 18.1 Å². The van der Waals surface area contributed by atoms with Gasteiger partial charge in [-0.15, -0.1) is 0 Å². The van der Waals surface area contributed by atoms with Gasteiger partial charge in [-0.2, -0.15) is 0 Å². The lowest BCUT2D eigenvalue weighted by molar-refractivity contribution is 0.102. The lowest BCUT2D eigenvalue weighted by atomic mass is 10.2. The number of carbonyl (C=O) groups excluding carboxylic acids is 1. The van der Waals surface area contributed by atoms with Crippen LogP contribution in [0.25, 0.3) is 11.0 Å². The summed E-state index contributed by atoms with van der Waals surface area (Å²) >= 11 is 0. The Labute approximate surface area is 166 Å². The van der Waals surface area contributed by atoms with Crippen LogP contribution in [0.4, 0.5) is 11.5 Å². The summed E-state index contributed by atoms with van der Waals surface area (Å²) in [6.45, 7) is 0. The lowest BCUT2D eigenvalue weighted by Crippen LogP contribution is -2.15. The summed E-state index contributed by atoms with van der Waals surface area (Å²) in [7, 11) is -3.85. The molecule has 0 bridgehead atoms. The Bertz CT molecular complexity index is 1280. The van der Waals surface area contributed by atoms with E-state index in [0.29, 0.717) is 22.3 Å². The fraction of sp³-hybridized carbons (Fsp3) is 0. The predicted molar refractivity (Wildman–Crippen MR) is 109 cm³/mol. The van der Waals surface area contributed by atoms with Gasteiger partial charge in [0.15, 0.2) is 5.82 Å². The first-order chi connectivity index (χ1) is 14.0. The number of nitrogens with one attached hydrogen (secondary N) is 2. The van der Waals surface area contributed by atoms with Crippen molar-refractivity contribution in [3.63, 3.8) is 0 Å². The maximum atomic E-state index is 12.6. The van der Waals surface area contributed by atoms with Crippen molar-refractivity contribution < 1.29 is 13.2 Å². The molecular formula is C20H15N5O3S. The molecule has 0 spiro atoms. The third-order valence-electron chi connectivity index (χ3n) is 4.03. The van der Waals surface area contributed by atoms with Gasteiger partial charge in [0.05, 0.1) is 27.7 Å². The van der Waals surface area contributed by atoms with Crippen LogP contribution in [0.1, 0.15) is 10.4 Å². The molecule has 4 aromatic rings. The molecule has 1 amide bonds. The molecule has 0 aliphatic rings. The second-order valence-corrected chi connectivity index (χ2v) is 7.75. The minimum atomic E-state index is -3.85. The van der Waals surface area contributed by atoms with Crippen LogP contribution in [0.3, 0.4) is 0 Å². The fourth-order valence-electron chi connectivity index (χ4n) is 2.62. The number of anilines is 2. The van der Waals surface area contributed by atoms with Crippen LogP contribution in [-0.2, 0) is 10.0 Å². The Morgan fingerprint density at radius 1 is 0.862 bits per heavy atom. The monoisotopic (exact) mass is 405 g/mol. The summed E-state index contributed by atoms with van der Waals surface area (Å²) < 4.78 is 27.7. The Hall–Kier alpha value is -3.85. The number of rotatable bonds is 5. The van der Waals surface area contributed by atoms with Crippen molar-refractivity contribution in [2.45, 2.75) is 4.90 Å². The number of nitrogens with zero attached hydrogens (tertiary/aromatic N) is 3. The van der Waals surface area contributed by atoms with E-state index in [1.54, 1.807) is 36.5 Å². The van der Waals surface area contributed by atoms with E-state index in [4.69, 9.17) is 0 Å². The smallest absolute Gasteiger partial charge is 0.263 e. The number of aromatic nitrogens is 3. The molecule has 0 aliphatic heterocycles. The van der Waals surface area contributed by atoms with Gasteiger partial charge in [-0.1, -0.05) is 12.1 Å². The third-order valence-corrected chi connectivity index (χ3v) is 5.40. The molecule has 2 aromatic carbocycles. The summed E-state index contributed by atoms with van der Waals surface area (Å²) in [5.41, 5.74) is 2.12. The first-order valence-electron chi connectivity index (χ1n) is 8.57. The fourth-order valence-corrected chi connectivity index (χ4v) is 3.61. The van der Waals surface area contributed by atoms with Crippen LogP contribution in [0.2, 0.25) is 0 Å². The molecule has 2 heterocycles. The van der Waals surface area contributed by atoms with E-state index in [9.17, 15) is 13.2 Å². The average Bonchev–Trinajstić information content (AvgIpc) is 2.74. The van der Waals surface area contributed by atoms with Gasteiger partial charge in [-0.3, -0.25) is 19.5 Å². The number of fused-ring (bicyclic) bond motifs is 1. The molecule has 4 rings (SSSR count). The lowest BCUT2D eigenvalue weighted by Gasteiger charge is -2.09. The molecule has 0 atom stereocenters. The molecule has 2 N–H and O–H groups in total. The Morgan fingerprint density at radius 2 is 1.62 bits per heavy atom. The van der Waals surface area contributed by atoms with Gasteiger partial charge in [-0.25, -0.2) is 13.4 Å². The topological polar surface area (TPSA) is 114 Å². The first kappa shape index (κ1) is 18.5. The zero-order valence-electron chi connectivity index (χ0n) is 15.0. The molecule has 8 nitrogen and oxygen atoms in total. The second-order valence-electron chi connectivity index (χ2n) is 6.07. The molecule has 2 aromatic heterocycles. The van der Waals surface area contributed by atoms with Crippen molar-refractivity contribution in [3.05, 3.63) is 84.8 Å². The molecule has 9 heteroatoms. The summed E-state index contributed by atoms with van der Waals surface area (Å²) in [6, 6.07) is 16.3. The van der Waals surface area contributed by atoms with Crippen LogP contribution >= 0.6 is 0 Å². The van der Waals surface area contributed by atoms with Gasteiger partial charge < -0.3 is 5.32 Å². The highest BCUT2D eigenvalue weighted by atomic mass is 32.2. The Morgan fingerprint density at radius 3 is 2.34 bits per heavy atom. The Kier molecular flexibility index (Phi) is 4.88. The molecule has 0 fully saturated rings. The van der Waals surface area contributed by atoms with E-state index in [2.05, 4.69) is 25.0 Å². The van der Waals surface area contributed by atoms with E-state index in [-0.39, 0.29) is 16.6 Å². The highest BCUT2D eigenvalue weighted by Crippen LogP contribution is 2.19. The predicted octanol–water partition coefficient (Wildman–Crippen LogP) is 3.08. The first-order valence-corrected chi connectivity index (χ1v) is 10.1. The summed E-state index contributed by atoms with van der Waals surface area (Å²) in [6.07, 6.45) is 4.38. The van der Waals surface area contributed by atoms with Crippen LogP contribution < -0.4 is 10.0 Å². The minimum Gasteiger partial charge on any atom is -0.322 e. The normalized spacial score (nSPS) is 11.2. The molecule has 0 unspecified atom stereocenters. The van der Waals surface area contributed by atoms with Crippen molar-refractivity contribution >= 4 is 38.5 Å².